The molecule has 0 aliphatic heterocycles. The molecule has 0 radical (unpaired) electrons. The molecule has 0 unspecified atom stereocenters. The van der Waals surface area contributed by atoms with E-state index in [1.165, 1.54) is 22.7 Å². The molecule has 1 aromatic heterocycles. The third kappa shape index (κ3) is 5.28. The lowest BCUT2D eigenvalue weighted by molar-refractivity contribution is 0.426. The van der Waals surface area contributed by atoms with Crippen molar-refractivity contribution in [2.24, 2.45) is 0 Å². The number of hydrogen-bond acceptors (Lipinski definition) is 3. The van der Waals surface area contributed by atoms with Crippen LogP contribution in [-0.4, -0.2) is 10.5 Å². The molecule has 86 valence electrons. The third-order valence-corrected chi connectivity index (χ3v) is 3.20. The van der Waals surface area contributed by atoms with E-state index in [9.17, 15) is 0 Å². The van der Waals surface area contributed by atoms with Gasteiger partial charge in [0.1, 0.15) is 0 Å². The van der Waals surface area contributed by atoms with Crippen LogP contribution in [0.3, 0.4) is 0 Å². The molecule has 1 N–H and O–H groups in total. The van der Waals surface area contributed by atoms with Crippen LogP contribution in [0.15, 0.2) is 6.20 Å². The predicted molar refractivity (Wildman–Crippen MR) is 67.3 cm³/mol. The van der Waals surface area contributed by atoms with E-state index in [1.807, 2.05) is 17.5 Å². The van der Waals surface area contributed by atoms with Gasteiger partial charge in [-0.3, -0.25) is 0 Å². The summed E-state index contributed by atoms with van der Waals surface area (Å²) >= 11 is 1.84. The highest BCUT2D eigenvalue weighted by molar-refractivity contribution is 7.11. The van der Waals surface area contributed by atoms with Crippen molar-refractivity contribution in [2.75, 3.05) is 0 Å². The van der Waals surface area contributed by atoms with Gasteiger partial charge in [-0.15, -0.1) is 11.3 Å². The zero-order valence-corrected chi connectivity index (χ0v) is 11.1. The van der Waals surface area contributed by atoms with Crippen LogP contribution < -0.4 is 5.32 Å². The maximum absolute atomic E-state index is 4.43. The molecule has 1 heterocycles. The van der Waals surface area contributed by atoms with Crippen LogP contribution in [0.1, 0.15) is 50.4 Å². The van der Waals surface area contributed by atoms with Crippen molar-refractivity contribution in [3.63, 3.8) is 0 Å². The average molecular weight is 226 g/mol. The van der Waals surface area contributed by atoms with Crippen LogP contribution in [0.5, 0.6) is 0 Å². The second-order valence-corrected chi connectivity index (χ2v) is 6.13. The van der Waals surface area contributed by atoms with Crippen LogP contribution in [-0.2, 0) is 13.0 Å². The maximum atomic E-state index is 4.43. The fraction of sp³-hybridized carbons (Fsp3) is 0.750. The summed E-state index contributed by atoms with van der Waals surface area (Å²) in [4.78, 5) is 5.78. The number of thiazole rings is 1. The number of nitrogens with zero attached hydrogens (tertiary/aromatic N) is 1. The molecule has 1 rings (SSSR count). The number of aromatic nitrogens is 1. The zero-order valence-electron chi connectivity index (χ0n) is 10.3. The highest BCUT2D eigenvalue weighted by Crippen LogP contribution is 2.15. The van der Waals surface area contributed by atoms with Crippen LogP contribution in [0.2, 0.25) is 0 Å². The second kappa shape index (κ2) is 5.61. The summed E-state index contributed by atoms with van der Waals surface area (Å²) in [6, 6.07) is 0. The highest BCUT2D eigenvalue weighted by atomic mass is 32.1. The van der Waals surface area contributed by atoms with Gasteiger partial charge in [-0.25, -0.2) is 4.98 Å². The molecule has 3 heteroatoms. The van der Waals surface area contributed by atoms with E-state index in [0.717, 1.165) is 13.0 Å². The Morgan fingerprint density at radius 2 is 2.13 bits per heavy atom. The van der Waals surface area contributed by atoms with Gasteiger partial charge in [0.05, 0.1) is 5.01 Å². The quantitative estimate of drug-likeness (QED) is 0.832. The number of nitrogens with one attached hydrogen (secondary N) is 1. The van der Waals surface area contributed by atoms with Gasteiger partial charge in [0.15, 0.2) is 0 Å². The molecule has 0 aliphatic carbocycles. The van der Waals surface area contributed by atoms with Crippen molar-refractivity contribution in [3.05, 3.63) is 16.1 Å². The topological polar surface area (TPSA) is 24.9 Å². The van der Waals surface area contributed by atoms with E-state index in [0.29, 0.717) is 0 Å². The SMILES string of the molecule is CCCCc1ncc(CNC(C)(C)C)s1. The van der Waals surface area contributed by atoms with Crippen LogP contribution in [0, 0.1) is 0 Å². The first-order valence-electron chi connectivity index (χ1n) is 5.70. The first-order chi connectivity index (χ1) is 7.01. The van der Waals surface area contributed by atoms with Crippen LogP contribution in [0.25, 0.3) is 0 Å². The van der Waals surface area contributed by atoms with Gasteiger partial charge in [0, 0.05) is 23.2 Å². The van der Waals surface area contributed by atoms with E-state index >= 15 is 0 Å². The number of rotatable bonds is 5. The second-order valence-electron chi connectivity index (χ2n) is 4.93. The van der Waals surface area contributed by atoms with Crippen molar-refractivity contribution < 1.29 is 0 Å². The Bertz CT molecular complexity index is 286. The van der Waals surface area contributed by atoms with E-state index in [-0.39, 0.29) is 5.54 Å². The summed E-state index contributed by atoms with van der Waals surface area (Å²) in [6.07, 6.45) is 5.64. The summed E-state index contributed by atoms with van der Waals surface area (Å²) in [6.45, 7) is 9.72. The van der Waals surface area contributed by atoms with Crippen molar-refractivity contribution >= 4 is 11.3 Å². The smallest absolute Gasteiger partial charge is 0.0928 e. The molecule has 15 heavy (non-hydrogen) atoms. The largest absolute Gasteiger partial charge is 0.307 e. The molecule has 0 aromatic carbocycles. The number of aryl methyl sites for hydroxylation is 1. The molecular formula is C12H22N2S. The van der Waals surface area contributed by atoms with E-state index in [1.54, 1.807) is 0 Å². The summed E-state index contributed by atoms with van der Waals surface area (Å²) in [5.41, 5.74) is 0.188. The standard InChI is InChI=1S/C12H22N2S/c1-5-6-7-11-13-8-10(15-11)9-14-12(2,3)4/h8,14H,5-7,9H2,1-4H3. The summed E-state index contributed by atoms with van der Waals surface area (Å²) in [7, 11) is 0. The summed E-state index contributed by atoms with van der Waals surface area (Å²) < 4.78 is 0. The monoisotopic (exact) mass is 226 g/mol. The lowest BCUT2D eigenvalue weighted by Crippen LogP contribution is -2.34. The average Bonchev–Trinajstić information content (AvgIpc) is 2.58. The molecule has 0 saturated carbocycles. The molecular weight excluding hydrogens is 204 g/mol. The minimum Gasteiger partial charge on any atom is -0.307 e. The fourth-order valence-electron chi connectivity index (χ4n) is 1.23. The van der Waals surface area contributed by atoms with Gasteiger partial charge in [0.25, 0.3) is 0 Å². The molecule has 0 amide bonds. The molecule has 0 atom stereocenters. The third-order valence-electron chi connectivity index (χ3n) is 2.14. The lowest BCUT2D eigenvalue weighted by atomic mass is 10.1. The van der Waals surface area contributed by atoms with Gasteiger partial charge in [-0.05, 0) is 33.6 Å². The Hall–Kier alpha value is -0.410. The Labute approximate surface area is 97.1 Å². The van der Waals surface area contributed by atoms with Crippen LogP contribution >= 0.6 is 11.3 Å². The summed E-state index contributed by atoms with van der Waals surface area (Å²) in [5.74, 6) is 0. The Morgan fingerprint density at radius 1 is 1.40 bits per heavy atom. The van der Waals surface area contributed by atoms with E-state index in [2.05, 4.69) is 38.0 Å². The normalized spacial score (nSPS) is 12.0. The lowest BCUT2D eigenvalue weighted by Gasteiger charge is -2.19. The molecule has 0 fully saturated rings. The van der Waals surface area contributed by atoms with Gasteiger partial charge < -0.3 is 5.32 Å². The minimum absolute atomic E-state index is 0.188. The summed E-state index contributed by atoms with van der Waals surface area (Å²) in [5, 5.41) is 4.76. The Balaban J connectivity index is 2.39. The molecule has 0 aliphatic rings. The van der Waals surface area contributed by atoms with Crippen molar-refractivity contribution in [1.82, 2.24) is 10.3 Å². The van der Waals surface area contributed by atoms with Gasteiger partial charge in [0.2, 0.25) is 0 Å². The first-order valence-corrected chi connectivity index (χ1v) is 6.51. The van der Waals surface area contributed by atoms with Crippen LogP contribution in [0.4, 0.5) is 0 Å². The van der Waals surface area contributed by atoms with Crippen molar-refractivity contribution in [1.29, 1.82) is 0 Å². The highest BCUT2D eigenvalue weighted by Gasteiger charge is 2.09. The molecule has 0 spiro atoms. The van der Waals surface area contributed by atoms with E-state index < -0.39 is 0 Å². The molecule has 0 saturated heterocycles. The number of hydrogen-bond donors (Lipinski definition) is 1. The van der Waals surface area contributed by atoms with Gasteiger partial charge in [-0.1, -0.05) is 13.3 Å². The van der Waals surface area contributed by atoms with Gasteiger partial charge >= 0.3 is 0 Å². The molecule has 2 nitrogen and oxygen atoms in total. The molecule has 1 aromatic rings. The molecule has 0 bridgehead atoms. The van der Waals surface area contributed by atoms with Crippen molar-refractivity contribution in [3.8, 4) is 0 Å². The van der Waals surface area contributed by atoms with Gasteiger partial charge in [-0.2, -0.15) is 0 Å². The Kier molecular flexibility index (Phi) is 4.74. The minimum atomic E-state index is 0.188. The maximum Gasteiger partial charge on any atom is 0.0928 e. The van der Waals surface area contributed by atoms with Crippen molar-refractivity contribution in [2.45, 2.75) is 59.0 Å². The zero-order chi connectivity index (χ0) is 11.3. The Morgan fingerprint density at radius 3 is 2.73 bits per heavy atom. The first kappa shape index (κ1) is 12.7. The fourth-order valence-corrected chi connectivity index (χ4v) is 2.13. The number of unbranched alkanes of at least 4 members (excludes halogenated alkanes) is 1. The van der Waals surface area contributed by atoms with E-state index in [4.69, 9.17) is 0 Å². The predicted octanol–water partition coefficient (Wildman–Crippen LogP) is 3.37.